The van der Waals surface area contributed by atoms with Crippen LogP contribution in [0.1, 0.15) is 17.2 Å². The molecule has 1 atom stereocenters. The molecular weight excluding hydrogens is 289 g/mol. The van der Waals surface area contributed by atoms with Crippen LogP contribution in [0.25, 0.3) is 0 Å². The number of halogens is 3. The molecule has 2 rings (SSSR count). The van der Waals surface area contributed by atoms with Crippen LogP contribution in [0.3, 0.4) is 0 Å². The third-order valence-corrected chi connectivity index (χ3v) is 3.84. The van der Waals surface area contributed by atoms with Crippen LogP contribution in [0.5, 0.6) is 0 Å². The molecule has 0 saturated heterocycles. The fraction of sp³-hybridized carbons (Fsp3) is 0.143. The Hall–Kier alpha value is -0.730. The first-order valence-electron chi connectivity index (χ1n) is 5.52. The topological polar surface area (TPSA) is 26.0 Å². The highest BCUT2D eigenvalue weighted by Crippen LogP contribution is 2.30. The lowest BCUT2D eigenvalue weighted by atomic mass is 10.00. The van der Waals surface area contributed by atoms with Crippen LogP contribution in [-0.4, -0.2) is 0 Å². The second-order valence-corrected chi connectivity index (χ2v) is 5.30. The third kappa shape index (κ3) is 3.18. The second kappa shape index (κ2) is 5.94. The van der Waals surface area contributed by atoms with E-state index in [0.29, 0.717) is 21.5 Å². The Morgan fingerprint density at radius 2 is 1.61 bits per heavy atom. The van der Waals surface area contributed by atoms with Gasteiger partial charge in [0.1, 0.15) is 0 Å². The molecule has 0 aliphatic carbocycles. The van der Waals surface area contributed by atoms with Gasteiger partial charge in [0.05, 0.1) is 10.0 Å². The van der Waals surface area contributed by atoms with Crippen molar-refractivity contribution >= 4 is 34.8 Å². The van der Waals surface area contributed by atoms with E-state index in [2.05, 4.69) is 0 Å². The van der Waals surface area contributed by atoms with Gasteiger partial charge in [0, 0.05) is 11.1 Å². The molecule has 0 saturated carbocycles. The molecule has 0 aliphatic heterocycles. The van der Waals surface area contributed by atoms with Gasteiger partial charge in [-0.15, -0.1) is 0 Å². The van der Waals surface area contributed by atoms with Crippen LogP contribution < -0.4 is 5.73 Å². The summed E-state index contributed by atoms with van der Waals surface area (Å²) in [6.07, 6.45) is 0.692. The Balaban J connectivity index is 2.19. The smallest absolute Gasteiger partial charge is 0.0640 e. The molecular formula is C14H12Cl3N. The van der Waals surface area contributed by atoms with Crippen LogP contribution in [0.15, 0.2) is 42.5 Å². The molecule has 1 nitrogen and oxygen atoms in total. The first-order valence-corrected chi connectivity index (χ1v) is 6.65. The minimum absolute atomic E-state index is 0.183. The quantitative estimate of drug-likeness (QED) is 0.858. The van der Waals surface area contributed by atoms with E-state index in [-0.39, 0.29) is 6.04 Å². The molecule has 0 amide bonds. The second-order valence-electron chi connectivity index (χ2n) is 4.08. The van der Waals surface area contributed by atoms with E-state index in [0.717, 1.165) is 11.1 Å². The van der Waals surface area contributed by atoms with Crippen LogP contribution in [0.4, 0.5) is 0 Å². The molecule has 1 unspecified atom stereocenters. The van der Waals surface area contributed by atoms with Gasteiger partial charge >= 0.3 is 0 Å². The predicted molar refractivity (Wildman–Crippen MR) is 78.5 cm³/mol. The number of hydrogen-bond acceptors (Lipinski definition) is 1. The Morgan fingerprint density at radius 3 is 2.28 bits per heavy atom. The van der Waals surface area contributed by atoms with Crippen molar-refractivity contribution in [1.82, 2.24) is 0 Å². The normalized spacial score (nSPS) is 12.4. The molecule has 0 spiro atoms. The first-order chi connectivity index (χ1) is 8.58. The van der Waals surface area contributed by atoms with E-state index in [4.69, 9.17) is 40.5 Å². The zero-order valence-electron chi connectivity index (χ0n) is 9.54. The summed E-state index contributed by atoms with van der Waals surface area (Å²) in [7, 11) is 0. The standard InChI is InChI=1S/C14H12Cl3N/c15-10-6-4-9(5-7-10)8-13(18)11-2-1-3-12(16)14(11)17/h1-7,13H,8,18H2. The summed E-state index contributed by atoms with van der Waals surface area (Å²) in [4.78, 5) is 0. The zero-order valence-corrected chi connectivity index (χ0v) is 11.8. The van der Waals surface area contributed by atoms with Gasteiger partial charge < -0.3 is 5.73 Å². The minimum Gasteiger partial charge on any atom is -0.324 e. The van der Waals surface area contributed by atoms with Crippen molar-refractivity contribution in [2.45, 2.75) is 12.5 Å². The summed E-state index contributed by atoms with van der Waals surface area (Å²) in [6, 6.07) is 12.9. The molecule has 18 heavy (non-hydrogen) atoms. The lowest BCUT2D eigenvalue weighted by Crippen LogP contribution is -2.13. The molecule has 94 valence electrons. The maximum atomic E-state index is 6.16. The highest BCUT2D eigenvalue weighted by atomic mass is 35.5. The van der Waals surface area contributed by atoms with E-state index < -0.39 is 0 Å². The number of nitrogens with two attached hydrogens (primary N) is 1. The van der Waals surface area contributed by atoms with Gasteiger partial charge in [-0.05, 0) is 35.7 Å². The van der Waals surface area contributed by atoms with Gasteiger partial charge in [-0.1, -0.05) is 59.1 Å². The molecule has 0 aliphatic rings. The highest BCUT2D eigenvalue weighted by molar-refractivity contribution is 6.42. The molecule has 2 N–H and O–H groups in total. The Labute approximate surface area is 121 Å². The van der Waals surface area contributed by atoms with E-state index in [1.54, 1.807) is 6.07 Å². The monoisotopic (exact) mass is 299 g/mol. The van der Waals surface area contributed by atoms with Crippen molar-refractivity contribution in [3.63, 3.8) is 0 Å². The fourth-order valence-electron chi connectivity index (χ4n) is 1.79. The molecule has 0 heterocycles. The van der Waals surface area contributed by atoms with Crippen molar-refractivity contribution in [2.24, 2.45) is 5.73 Å². The van der Waals surface area contributed by atoms with Crippen molar-refractivity contribution < 1.29 is 0 Å². The number of benzene rings is 2. The SMILES string of the molecule is NC(Cc1ccc(Cl)cc1)c1cccc(Cl)c1Cl. The van der Waals surface area contributed by atoms with E-state index in [1.807, 2.05) is 36.4 Å². The molecule has 0 aromatic heterocycles. The van der Waals surface area contributed by atoms with E-state index in [9.17, 15) is 0 Å². The Bertz CT molecular complexity index is 537. The van der Waals surface area contributed by atoms with Gasteiger partial charge in [0.25, 0.3) is 0 Å². The van der Waals surface area contributed by atoms with Gasteiger partial charge in [-0.2, -0.15) is 0 Å². The molecule has 4 heteroatoms. The van der Waals surface area contributed by atoms with E-state index >= 15 is 0 Å². The summed E-state index contributed by atoms with van der Waals surface area (Å²) >= 11 is 18.0. The van der Waals surface area contributed by atoms with Crippen molar-refractivity contribution in [3.8, 4) is 0 Å². The maximum absolute atomic E-state index is 6.16. The highest BCUT2D eigenvalue weighted by Gasteiger charge is 2.12. The largest absolute Gasteiger partial charge is 0.324 e. The fourth-order valence-corrected chi connectivity index (χ4v) is 2.37. The molecule has 0 bridgehead atoms. The minimum atomic E-state index is -0.183. The zero-order chi connectivity index (χ0) is 13.1. The van der Waals surface area contributed by atoms with E-state index in [1.165, 1.54) is 0 Å². The molecule has 0 fully saturated rings. The Kier molecular flexibility index (Phi) is 4.52. The molecule has 2 aromatic rings. The number of hydrogen-bond donors (Lipinski definition) is 1. The summed E-state index contributed by atoms with van der Waals surface area (Å²) in [6.45, 7) is 0. The summed E-state index contributed by atoms with van der Waals surface area (Å²) < 4.78 is 0. The first kappa shape index (κ1) is 13.7. The molecule has 2 aromatic carbocycles. The van der Waals surface area contributed by atoms with Gasteiger partial charge in [-0.3, -0.25) is 0 Å². The van der Waals surface area contributed by atoms with Crippen LogP contribution in [0.2, 0.25) is 15.1 Å². The van der Waals surface area contributed by atoms with Gasteiger partial charge in [0.2, 0.25) is 0 Å². The third-order valence-electron chi connectivity index (χ3n) is 2.75. The lowest BCUT2D eigenvalue weighted by molar-refractivity contribution is 0.722. The van der Waals surface area contributed by atoms with Crippen molar-refractivity contribution in [2.75, 3.05) is 0 Å². The average molecular weight is 301 g/mol. The van der Waals surface area contributed by atoms with Crippen molar-refractivity contribution in [3.05, 3.63) is 68.7 Å². The Morgan fingerprint density at radius 1 is 0.944 bits per heavy atom. The average Bonchev–Trinajstić information content (AvgIpc) is 2.35. The van der Waals surface area contributed by atoms with Gasteiger partial charge in [-0.25, -0.2) is 0 Å². The van der Waals surface area contributed by atoms with Gasteiger partial charge in [0.15, 0.2) is 0 Å². The van der Waals surface area contributed by atoms with Crippen LogP contribution in [0, 0.1) is 0 Å². The van der Waals surface area contributed by atoms with Crippen LogP contribution in [-0.2, 0) is 6.42 Å². The van der Waals surface area contributed by atoms with Crippen LogP contribution >= 0.6 is 34.8 Å². The summed E-state index contributed by atoms with van der Waals surface area (Å²) in [5.74, 6) is 0. The van der Waals surface area contributed by atoms with Crippen molar-refractivity contribution in [1.29, 1.82) is 0 Å². The lowest BCUT2D eigenvalue weighted by Gasteiger charge is -2.14. The summed E-state index contributed by atoms with van der Waals surface area (Å²) in [5, 5.41) is 1.77. The maximum Gasteiger partial charge on any atom is 0.0640 e. The predicted octanol–water partition coefficient (Wildman–Crippen LogP) is 4.89. The summed E-state index contributed by atoms with van der Waals surface area (Å²) in [5.41, 5.74) is 8.13. The molecule has 0 radical (unpaired) electrons. The number of rotatable bonds is 3.